The SMILES string of the molecule is O=C(CNS(=O)(=O)c1cccc(NC(C(=O)O[C@H]2CN3CCC2CC3)c2ccccc2)c1)O[C@@H](Cc1c(Cl)c[n+]([O-])cc1Cl)c1ccc(OC(F)F)c(OCC2CC2)c1. The number of piperidine rings is 3. The van der Waals surface area contributed by atoms with E-state index in [9.17, 15) is 32.0 Å². The average Bonchev–Trinajstić information content (AvgIpc) is 4.05. The number of anilines is 1. The van der Waals surface area contributed by atoms with Crippen LogP contribution in [0, 0.1) is 17.0 Å². The van der Waals surface area contributed by atoms with Gasteiger partial charge in [0.05, 0.1) is 11.5 Å². The Morgan fingerprint density at radius 3 is 2.31 bits per heavy atom. The number of esters is 2. The molecular weight excluding hydrogens is 833 g/mol. The Bertz CT molecular complexity index is 2220. The van der Waals surface area contributed by atoms with Gasteiger partial charge in [0.25, 0.3) is 0 Å². The number of nitrogens with zero attached hydrogens (tertiary/aromatic N) is 2. The molecule has 59 heavy (non-hydrogen) atoms. The molecule has 18 heteroatoms. The number of carbonyl (C=O) groups is 2. The molecule has 3 atom stereocenters. The van der Waals surface area contributed by atoms with E-state index in [0.717, 1.165) is 51.2 Å². The van der Waals surface area contributed by atoms with Gasteiger partial charge in [0.15, 0.2) is 29.9 Å². The van der Waals surface area contributed by atoms with Gasteiger partial charge in [-0.05, 0) is 92.1 Å². The maximum atomic E-state index is 13.7. The van der Waals surface area contributed by atoms with Crippen LogP contribution in [0.25, 0.3) is 0 Å². The Kier molecular flexibility index (Phi) is 13.4. The van der Waals surface area contributed by atoms with Crippen molar-refractivity contribution in [3.8, 4) is 11.5 Å². The van der Waals surface area contributed by atoms with Gasteiger partial charge in [-0.1, -0.05) is 65.7 Å². The van der Waals surface area contributed by atoms with Gasteiger partial charge in [-0.2, -0.15) is 18.2 Å². The molecule has 8 rings (SSSR count). The molecule has 2 N–H and O–H groups in total. The van der Waals surface area contributed by atoms with E-state index in [1.807, 2.05) is 6.07 Å². The standard InChI is InChI=1S/C41H42Cl2F2N4O9S/c42-32-21-49(52)22-33(43)31(32)19-35(28-11-12-34(58-41(44)45)36(17-28)55-24-25-9-10-25)56-38(50)20-46-59(53,54)30-8-4-7-29(18-30)47-39(27-5-2-1-3-6-27)40(51)57-37-23-48-15-13-26(37)14-16-48/h1-8,11-12,17-18,21-22,25-26,35,37,39,41,46-47H,9-10,13-16,19-20,23-24H2/t35-,37-,39?/m0/s1. The summed E-state index contributed by atoms with van der Waals surface area (Å²) in [5.74, 6) is -1.20. The number of aromatic nitrogens is 1. The number of nitrogens with one attached hydrogen (secondary N) is 2. The Balaban J connectivity index is 1.06. The lowest BCUT2D eigenvalue weighted by Crippen LogP contribution is -2.52. The molecular formula is C41H42Cl2F2N4O9S. The highest BCUT2D eigenvalue weighted by molar-refractivity contribution is 7.89. The van der Waals surface area contributed by atoms with Crippen LogP contribution in [0.1, 0.15) is 54.5 Å². The molecule has 3 aromatic carbocycles. The normalized spacial score (nSPS) is 19.8. The minimum atomic E-state index is -4.34. The second-order valence-corrected chi connectivity index (χ2v) is 17.3. The molecule has 0 spiro atoms. The summed E-state index contributed by atoms with van der Waals surface area (Å²) in [6.07, 6.45) is 4.26. The van der Waals surface area contributed by atoms with Crippen molar-refractivity contribution in [3.05, 3.63) is 117 Å². The summed E-state index contributed by atoms with van der Waals surface area (Å²) in [5.41, 5.74) is 1.44. The Hall–Kier alpha value is -4.74. The van der Waals surface area contributed by atoms with Gasteiger partial charge in [-0.15, -0.1) is 0 Å². The molecule has 1 aromatic heterocycles. The molecule has 1 unspecified atom stereocenters. The first-order chi connectivity index (χ1) is 28.3. The third kappa shape index (κ3) is 11.1. The lowest BCUT2D eigenvalue weighted by atomic mass is 9.86. The number of hydrogen-bond acceptors (Lipinski definition) is 11. The van der Waals surface area contributed by atoms with Crippen LogP contribution in [-0.4, -0.2) is 70.8 Å². The van der Waals surface area contributed by atoms with Crippen LogP contribution >= 0.6 is 23.2 Å². The van der Waals surface area contributed by atoms with Gasteiger partial charge in [0.1, 0.15) is 28.8 Å². The van der Waals surface area contributed by atoms with Crippen LogP contribution in [0.5, 0.6) is 11.5 Å². The third-order valence-electron chi connectivity index (χ3n) is 10.5. The van der Waals surface area contributed by atoms with Crippen molar-refractivity contribution >= 4 is 50.9 Å². The van der Waals surface area contributed by atoms with Crippen LogP contribution < -0.4 is 24.2 Å². The number of rotatable bonds is 18. The minimum absolute atomic E-state index is 0.0191. The first-order valence-electron chi connectivity index (χ1n) is 19.1. The summed E-state index contributed by atoms with van der Waals surface area (Å²) >= 11 is 12.7. The topological polar surface area (TPSA) is 159 Å². The molecule has 0 amide bonds. The van der Waals surface area contributed by atoms with E-state index in [0.29, 0.717) is 28.4 Å². The van der Waals surface area contributed by atoms with Crippen molar-refractivity contribution in [1.29, 1.82) is 0 Å². The summed E-state index contributed by atoms with van der Waals surface area (Å²) in [6.45, 7) is -1.05. The third-order valence-corrected chi connectivity index (χ3v) is 12.6. The first-order valence-corrected chi connectivity index (χ1v) is 21.4. The monoisotopic (exact) mass is 874 g/mol. The maximum Gasteiger partial charge on any atom is 0.387 e. The number of sulfonamides is 1. The minimum Gasteiger partial charge on any atom is -0.619 e. The number of ether oxygens (including phenoxy) is 4. The Morgan fingerprint density at radius 1 is 0.915 bits per heavy atom. The van der Waals surface area contributed by atoms with Crippen LogP contribution in [0.4, 0.5) is 14.5 Å². The van der Waals surface area contributed by atoms with E-state index in [1.165, 1.54) is 36.4 Å². The molecule has 314 valence electrons. The number of pyridine rings is 1. The summed E-state index contributed by atoms with van der Waals surface area (Å²) in [7, 11) is -4.34. The van der Waals surface area contributed by atoms with Gasteiger partial charge in [-0.25, -0.2) is 13.2 Å². The summed E-state index contributed by atoms with van der Waals surface area (Å²) in [6, 6.07) is 17.8. The largest absolute Gasteiger partial charge is 0.619 e. The van der Waals surface area contributed by atoms with E-state index in [1.54, 1.807) is 30.3 Å². The van der Waals surface area contributed by atoms with Gasteiger partial charge in [-0.3, -0.25) is 9.69 Å². The molecule has 1 aliphatic carbocycles. The lowest BCUT2D eigenvalue weighted by molar-refractivity contribution is -0.605. The number of carbonyl (C=O) groups excluding carboxylic acids is 2. The zero-order chi connectivity index (χ0) is 41.7. The number of benzene rings is 3. The molecule has 13 nitrogen and oxygen atoms in total. The fraction of sp³-hybridized carbons (Fsp3) is 0.390. The smallest absolute Gasteiger partial charge is 0.387 e. The predicted octanol–water partition coefficient (Wildman–Crippen LogP) is 6.61. The summed E-state index contributed by atoms with van der Waals surface area (Å²) in [4.78, 5) is 29.2. The highest BCUT2D eigenvalue weighted by Gasteiger charge is 2.38. The molecule has 4 aromatic rings. The van der Waals surface area contributed by atoms with Crippen LogP contribution in [-0.2, 0) is 35.5 Å². The number of fused-ring (bicyclic) bond motifs is 3. The van der Waals surface area contributed by atoms with Gasteiger partial charge in [0.2, 0.25) is 10.0 Å². The Labute approximate surface area is 350 Å². The highest BCUT2D eigenvalue weighted by atomic mass is 35.5. The van der Waals surface area contributed by atoms with Crippen molar-refractivity contribution in [3.63, 3.8) is 0 Å². The van der Waals surface area contributed by atoms with Crippen LogP contribution in [0.3, 0.4) is 0 Å². The highest BCUT2D eigenvalue weighted by Crippen LogP contribution is 2.38. The van der Waals surface area contributed by atoms with E-state index >= 15 is 0 Å². The molecule has 3 aliphatic heterocycles. The van der Waals surface area contributed by atoms with Gasteiger partial charge in [0, 0.05) is 24.2 Å². The van der Waals surface area contributed by atoms with Crippen LogP contribution in [0.2, 0.25) is 10.0 Å². The second-order valence-electron chi connectivity index (χ2n) is 14.8. The molecule has 1 saturated carbocycles. The van der Waals surface area contributed by atoms with Crippen molar-refractivity contribution in [2.24, 2.45) is 11.8 Å². The maximum absolute atomic E-state index is 13.7. The molecule has 2 bridgehead atoms. The number of alkyl halides is 2. The molecule has 4 fully saturated rings. The number of halogens is 4. The second kappa shape index (κ2) is 18.7. The van der Waals surface area contributed by atoms with E-state index in [4.69, 9.17) is 37.4 Å². The predicted molar refractivity (Wildman–Crippen MR) is 213 cm³/mol. The fourth-order valence-corrected chi connectivity index (χ4v) is 8.82. The Morgan fingerprint density at radius 2 is 1.64 bits per heavy atom. The molecule has 0 radical (unpaired) electrons. The van der Waals surface area contributed by atoms with Crippen molar-refractivity contribution in [2.75, 3.05) is 38.1 Å². The van der Waals surface area contributed by atoms with Crippen molar-refractivity contribution < 1.29 is 50.5 Å². The zero-order valence-electron chi connectivity index (χ0n) is 31.6. The van der Waals surface area contributed by atoms with Crippen molar-refractivity contribution in [1.82, 2.24) is 9.62 Å². The van der Waals surface area contributed by atoms with Crippen molar-refractivity contribution in [2.45, 2.75) is 61.9 Å². The fourth-order valence-electron chi connectivity index (χ4n) is 7.20. The summed E-state index contributed by atoms with van der Waals surface area (Å²) < 4.78 is 78.6. The van der Waals surface area contributed by atoms with E-state index in [2.05, 4.69) is 19.7 Å². The van der Waals surface area contributed by atoms with Crippen LogP contribution in [0.15, 0.2) is 90.1 Å². The van der Waals surface area contributed by atoms with Gasteiger partial charge >= 0.3 is 18.6 Å². The van der Waals surface area contributed by atoms with Gasteiger partial charge < -0.3 is 29.5 Å². The van der Waals surface area contributed by atoms with E-state index < -0.39 is 47.3 Å². The van der Waals surface area contributed by atoms with E-state index in [-0.39, 0.29) is 62.6 Å². The first kappa shape index (κ1) is 42.4. The molecule has 3 saturated heterocycles. The lowest BCUT2D eigenvalue weighted by Gasteiger charge is -2.44. The molecule has 4 aliphatic rings. The average molecular weight is 876 g/mol. The number of hydrogen-bond donors (Lipinski definition) is 2. The molecule has 4 heterocycles. The summed E-state index contributed by atoms with van der Waals surface area (Å²) in [5, 5.41) is 15.0. The quantitative estimate of drug-likeness (QED) is 0.0629. The zero-order valence-corrected chi connectivity index (χ0v) is 33.9.